The average molecular weight is 214 g/mol. The largest absolute Gasteiger partial charge is 0.304 e. The molecular formula is C13H16N3. The second kappa shape index (κ2) is 5.64. The third-order valence-corrected chi connectivity index (χ3v) is 2.73. The second-order valence-corrected chi connectivity index (χ2v) is 4.05. The first-order chi connectivity index (χ1) is 7.84. The molecule has 3 heteroatoms. The zero-order valence-corrected chi connectivity index (χ0v) is 9.61. The summed E-state index contributed by atoms with van der Waals surface area (Å²) in [5.74, 6) is 6.29. The lowest BCUT2D eigenvalue weighted by Gasteiger charge is -2.30. The highest BCUT2D eigenvalue weighted by atomic mass is 15.2. The Morgan fingerprint density at radius 3 is 2.88 bits per heavy atom. The molecule has 0 amide bonds. The predicted octanol–water partition coefficient (Wildman–Crippen LogP) is 0.481. The fraction of sp³-hybridized carbons (Fsp3) is 0.462. The van der Waals surface area contributed by atoms with E-state index in [9.17, 15) is 0 Å². The number of rotatable bonds is 1. The summed E-state index contributed by atoms with van der Waals surface area (Å²) in [5.41, 5.74) is 0.941. The molecule has 3 nitrogen and oxygen atoms in total. The fourth-order valence-electron chi connectivity index (χ4n) is 1.65. The Hall–Kier alpha value is -1.37. The summed E-state index contributed by atoms with van der Waals surface area (Å²) in [4.78, 5) is 8.71. The molecule has 1 fully saturated rings. The fourth-order valence-corrected chi connectivity index (χ4v) is 1.65. The van der Waals surface area contributed by atoms with Gasteiger partial charge in [-0.2, -0.15) is 0 Å². The van der Waals surface area contributed by atoms with Gasteiger partial charge >= 0.3 is 0 Å². The summed E-state index contributed by atoms with van der Waals surface area (Å²) in [5, 5.41) is 0. The monoisotopic (exact) mass is 214 g/mol. The molecule has 1 aliphatic heterocycles. The molecule has 0 N–H and O–H groups in total. The molecule has 1 aromatic rings. The lowest BCUT2D eigenvalue weighted by atomic mass is 10.3. The number of aromatic nitrogens is 1. The van der Waals surface area contributed by atoms with Crippen molar-refractivity contribution in [1.82, 2.24) is 14.8 Å². The molecule has 0 atom stereocenters. The van der Waals surface area contributed by atoms with Crippen LogP contribution in [0.3, 0.4) is 0 Å². The molecular weight excluding hydrogens is 198 g/mol. The molecule has 0 aromatic carbocycles. The Kier molecular flexibility index (Phi) is 3.92. The molecule has 0 unspecified atom stereocenters. The van der Waals surface area contributed by atoms with E-state index in [2.05, 4.69) is 39.7 Å². The van der Waals surface area contributed by atoms with Crippen molar-refractivity contribution in [3.8, 4) is 11.8 Å². The minimum atomic E-state index is 0.850. The van der Waals surface area contributed by atoms with E-state index < -0.39 is 0 Å². The lowest BCUT2D eigenvalue weighted by Crippen LogP contribution is -2.44. The normalized spacial score (nSPS) is 17.8. The summed E-state index contributed by atoms with van der Waals surface area (Å²) < 4.78 is 0. The molecule has 1 aliphatic rings. The van der Waals surface area contributed by atoms with E-state index in [0.29, 0.717) is 0 Å². The molecule has 1 radical (unpaired) electrons. The van der Waals surface area contributed by atoms with Crippen molar-refractivity contribution in [1.29, 1.82) is 0 Å². The van der Waals surface area contributed by atoms with Gasteiger partial charge in [-0.1, -0.05) is 11.8 Å². The van der Waals surface area contributed by atoms with Gasteiger partial charge in [-0.05, 0) is 13.1 Å². The van der Waals surface area contributed by atoms with E-state index in [1.807, 2.05) is 6.07 Å². The Bertz CT molecular complexity index is 369. The molecule has 0 saturated carbocycles. The highest BCUT2D eigenvalue weighted by Gasteiger charge is 2.11. The van der Waals surface area contributed by atoms with Gasteiger partial charge in [0.1, 0.15) is 0 Å². The van der Waals surface area contributed by atoms with Crippen LogP contribution in [0.5, 0.6) is 0 Å². The van der Waals surface area contributed by atoms with Gasteiger partial charge in [0.2, 0.25) is 0 Å². The molecule has 0 spiro atoms. The number of pyridine rings is 1. The molecule has 2 rings (SSSR count). The number of hydrogen-bond acceptors (Lipinski definition) is 3. The highest BCUT2D eigenvalue weighted by molar-refractivity contribution is 5.30. The maximum Gasteiger partial charge on any atom is 0.0606 e. The van der Waals surface area contributed by atoms with Crippen LogP contribution in [0.25, 0.3) is 0 Å². The van der Waals surface area contributed by atoms with Crippen LogP contribution in [0.1, 0.15) is 5.56 Å². The highest BCUT2D eigenvalue weighted by Crippen LogP contribution is 1.97. The van der Waals surface area contributed by atoms with E-state index in [1.54, 1.807) is 12.4 Å². The molecule has 1 saturated heterocycles. The first-order valence-corrected chi connectivity index (χ1v) is 5.55. The lowest BCUT2D eigenvalue weighted by molar-refractivity contribution is 0.168. The van der Waals surface area contributed by atoms with Gasteiger partial charge in [-0.15, -0.1) is 0 Å². The maximum absolute atomic E-state index is 3.98. The molecule has 83 valence electrons. The van der Waals surface area contributed by atoms with E-state index >= 15 is 0 Å². The van der Waals surface area contributed by atoms with Gasteiger partial charge in [0, 0.05) is 50.2 Å². The average Bonchev–Trinajstić information content (AvgIpc) is 2.33. The van der Waals surface area contributed by atoms with Crippen molar-refractivity contribution in [3.63, 3.8) is 0 Å². The van der Waals surface area contributed by atoms with Crippen LogP contribution in [0.2, 0.25) is 0 Å². The van der Waals surface area contributed by atoms with Crippen LogP contribution < -0.4 is 0 Å². The minimum absolute atomic E-state index is 0.850. The van der Waals surface area contributed by atoms with Crippen LogP contribution in [-0.2, 0) is 0 Å². The van der Waals surface area contributed by atoms with Crippen LogP contribution >= 0.6 is 0 Å². The summed E-state index contributed by atoms with van der Waals surface area (Å²) in [6.45, 7) is 5.36. The van der Waals surface area contributed by atoms with Gasteiger partial charge < -0.3 is 4.90 Å². The van der Waals surface area contributed by atoms with Crippen LogP contribution in [0.4, 0.5) is 0 Å². The van der Waals surface area contributed by atoms with E-state index in [4.69, 9.17) is 0 Å². The van der Waals surface area contributed by atoms with Crippen LogP contribution in [-0.4, -0.2) is 54.6 Å². The van der Waals surface area contributed by atoms with Gasteiger partial charge in [0.15, 0.2) is 0 Å². The Morgan fingerprint density at radius 1 is 1.38 bits per heavy atom. The molecule has 1 aromatic heterocycles. The minimum Gasteiger partial charge on any atom is -0.304 e. The number of hydrogen-bond donors (Lipinski definition) is 0. The van der Waals surface area contributed by atoms with Gasteiger partial charge in [-0.3, -0.25) is 9.88 Å². The number of likely N-dealkylation sites (N-methyl/N-ethyl adjacent to an activating group) is 1. The van der Waals surface area contributed by atoms with Gasteiger partial charge in [0.05, 0.1) is 6.54 Å². The Labute approximate surface area is 97.1 Å². The van der Waals surface area contributed by atoms with E-state index in [1.165, 1.54) is 0 Å². The molecule has 0 aliphatic carbocycles. The Morgan fingerprint density at radius 2 is 2.19 bits per heavy atom. The van der Waals surface area contributed by atoms with Gasteiger partial charge in [-0.25, -0.2) is 0 Å². The summed E-state index contributed by atoms with van der Waals surface area (Å²) in [6.07, 6.45) is 3.42. The smallest absolute Gasteiger partial charge is 0.0606 e. The first kappa shape index (κ1) is 11.1. The van der Waals surface area contributed by atoms with Gasteiger partial charge in [0.25, 0.3) is 0 Å². The van der Waals surface area contributed by atoms with Crippen molar-refractivity contribution >= 4 is 0 Å². The topological polar surface area (TPSA) is 19.4 Å². The van der Waals surface area contributed by atoms with Crippen molar-refractivity contribution in [2.45, 2.75) is 0 Å². The maximum atomic E-state index is 3.98. The molecule has 0 bridgehead atoms. The summed E-state index contributed by atoms with van der Waals surface area (Å²) >= 11 is 0. The Balaban J connectivity index is 1.82. The zero-order chi connectivity index (χ0) is 11.2. The van der Waals surface area contributed by atoms with Crippen molar-refractivity contribution in [2.75, 3.05) is 39.8 Å². The molecule has 2 heterocycles. The second-order valence-electron chi connectivity index (χ2n) is 4.05. The molecule has 16 heavy (non-hydrogen) atoms. The van der Waals surface area contributed by atoms with Crippen molar-refractivity contribution in [2.24, 2.45) is 0 Å². The summed E-state index contributed by atoms with van der Waals surface area (Å²) in [7, 11) is 2.16. The number of nitrogens with zero attached hydrogens (tertiary/aromatic N) is 3. The third-order valence-electron chi connectivity index (χ3n) is 2.73. The standard InChI is InChI=1S/C13H16N3/c1-15-8-10-16(11-9-15)7-3-5-13-4-2-6-14-12-13/h4,6,12H,7-11H2,1H3. The van der Waals surface area contributed by atoms with Crippen LogP contribution in [0, 0.1) is 17.9 Å². The van der Waals surface area contributed by atoms with Crippen molar-refractivity contribution < 1.29 is 0 Å². The van der Waals surface area contributed by atoms with Crippen molar-refractivity contribution in [3.05, 3.63) is 30.1 Å². The first-order valence-electron chi connectivity index (χ1n) is 5.55. The van der Waals surface area contributed by atoms with Crippen LogP contribution in [0.15, 0.2) is 18.5 Å². The predicted molar refractivity (Wildman–Crippen MR) is 63.9 cm³/mol. The van der Waals surface area contributed by atoms with E-state index in [0.717, 1.165) is 38.3 Å². The SMILES string of the molecule is CN1CCN(CC#Cc2c[c]cnc2)CC1. The summed E-state index contributed by atoms with van der Waals surface area (Å²) in [6, 6.07) is 4.79. The zero-order valence-electron chi connectivity index (χ0n) is 9.61. The quantitative estimate of drug-likeness (QED) is 0.634. The van der Waals surface area contributed by atoms with E-state index in [-0.39, 0.29) is 0 Å². The number of piperazine rings is 1. The third kappa shape index (κ3) is 3.34.